The highest BCUT2D eigenvalue weighted by Gasteiger charge is 2.38. The van der Waals surface area contributed by atoms with Crippen molar-refractivity contribution in [3.05, 3.63) is 82.3 Å². The highest BCUT2D eigenvalue weighted by molar-refractivity contribution is 7.92. The van der Waals surface area contributed by atoms with Crippen molar-refractivity contribution in [3.8, 4) is 0 Å². The number of hydrogen-bond acceptors (Lipinski definition) is 6. The zero-order valence-corrected chi connectivity index (χ0v) is 18.7. The molecule has 0 amide bonds. The summed E-state index contributed by atoms with van der Waals surface area (Å²) in [6.45, 7) is 0. The third-order valence-electron chi connectivity index (χ3n) is 4.62. The monoisotopic (exact) mass is 479 g/mol. The van der Waals surface area contributed by atoms with Crippen molar-refractivity contribution in [1.82, 2.24) is 4.41 Å². The first-order valence-electron chi connectivity index (χ1n) is 9.12. The van der Waals surface area contributed by atoms with E-state index in [0.29, 0.717) is 23.4 Å². The van der Waals surface area contributed by atoms with Gasteiger partial charge < -0.3 is 0 Å². The molecule has 1 aromatic heterocycles. The van der Waals surface area contributed by atoms with Gasteiger partial charge in [-0.05, 0) is 53.4 Å². The van der Waals surface area contributed by atoms with Crippen LogP contribution in [0.2, 0.25) is 0 Å². The molecule has 1 aliphatic heterocycles. The van der Waals surface area contributed by atoms with Gasteiger partial charge in [0.05, 0.1) is 16.9 Å². The molecule has 2 heterocycles. The molecule has 7 nitrogen and oxygen atoms in total. The highest BCUT2D eigenvalue weighted by atomic mass is 32.2. The molecule has 11 heteroatoms. The lowest BCUT2D eigenvalue weighted by Crippen LogP contribution is -2.26. The molecule has 0 saturated carbocycles. The summed E-state index contributed by atoms with van der Waals surface area (Å²) in [5, 5.41) is 6.27. The Labute approximate surface area is 184 Å². The number of hydrogen-bond donors (Lipinski definition) is 1. The Kier molecular flexibility index (Phi) is 5.58. The Hall–Kier alpha value is -2.76. The Morgan fingerprint density at radius 2 is 1.71 bits per heavy atom. The summed E-state index contributed by atoms with van der Waals surface area (Å²) in [4.78, 5) is 0.785. The zero-order valence-electron chi connectivity index (χ0n) is 16.3. The Balaban J connectivity index is 1.71. The van der Waals surface area contributed by atoms with Crippen molar-refractivity contribution in [2.45, 2.75) is 17.4 Å². The van der Waals surface area contributed by atoms with Crippen LogP contribution in [0.3, 0.4) is 0 Å². The number of hydrazone groups is 1. The molecule has 1 atom stereocenters. The van der Waals surface area contributed by atoms with Gasteiger partial charge in [0.15, 0.2) is 0 Å². The van der Waals surface area contributed by atoms with Crippen LogP contribution < -0.4 is 4.72 Å². The van der Waals surface area contributed by atoms with Gasteiger partial charge in [-0.1, -0.05) is 18.2 Å². The molecule has 162 valence electrons. The van der Waals surface area contributed by atoms with Crippen LogP contribution in [0, 0.1) is 5.82 Å². The summed E-state index contributed by atoms with van der Waals surface area (Å²) >= 11 is 1.43. The fraction of sp³-hybridized carbons (Fsp3) is 0.150. The standard InChI is InChI=1S/C20H18FN3O4S3/c1-30(25,26)23-16-8-4-14(5-9-16)18-13-19(20-3-2-12-29-20)24(22-18)31(27,28)17-10-6-15(21)7-11-17/h2-12,19,23H,13H2,1H3/t19-/m1/s1. The van der Waals surface area contributed by atoms with Crippen LogP contribution in [-0.4, -0.2) is 33.2 Å². The molecule has 4 rings (SSSR count). The highest BCUT2D eigenvalue weighted by Crippen LogP contribution is 2.39. The molecule has 1 N–H and O–H groups in total. The Bertz CT molecular complexity index is 1320. The predicted octanol–water partition coefficient (Wildman–Crippen LogP) is 3.80. The number of thiophene rings is 1. The molecular formula is C20H18FN3O4S3. The number of nitrogens with one attached hydrogen (secondary N) is 1. The molecule has 0 radical (unpaired) electrons. The van der Waals surface area contributed by atoms with Crippen molar-refractivity contribution >= 4 is 42.8 Å². The van der Waals surface area contributed by atoms with Crippen LogP contribution in [0.5, 0.6) is 0 Å². The second kappa shape index (κ2) is 8.06. The minimum absolute atomic E-state index is 0.0480. The molecule has 0 saturated heterocycles. The van der Waals surface area contributed by atoms with E-state index in [4.69, 9.17) is 0 Å². The number of rotatable bonds is 6. The fourth-order valence-corrected chi connectivity index (χ4v) is 6.10. The predicted molar refractivity (Wildman–Crippen MR) is 119 cm³/mol. The maximum Gasteiger partial charge on any atom is 0.279 e. The number of nitrogens with zero attached hydrogens (tertiary/aromatic N) is 2. The minimum Gasteiger partial charge on any atom is -0.284 e. The molecule has 1 aliphatic rings. The van der Waals surface area contributed by atoms with Gasteiger partial charge in [0.1, 0.15) is 11.9 Å². The molecular weight excluding hydrogens is 461 g/mol. The average molecular weight is 480 g/mol. The van der Waals surface area contributed by atoms with Gasteiger partial charge in [-0.2, -0.15) is 17.9 Å². The largest absolute Gasteiger partial charge is 0.284 e. The van der Waals surface area contributed by atoms with Crippen molar-refractivity contribution in [2.24, 2.45) is 5.10 Å². The lowest BCUT2D eigenvalue weighted by molar-refractivity contribution is 0.375. The van der Waals surface area contributed by atoms with Crippen molar-refractivity contribution < 1.29 is 21.2 Å². The lowest BCUT2D eigenvalue weighted by atomic mass is 10.0. The summed E-state index contributed by atoms with van der Waals surface area (Å²) in [6.07, 6.45) is 1.41. The van der Waals surface area contributed by atoms with E-state index in [1.54, 1.807) is 24.3 Å². The van der Waals surface area contributed by atoms with Gasteiger partial charge in [-0.15, -0.1) is 11.3 Å². The number of anilines is 1. The van der Waals surface area contributed by atoms with Crippen LogP contribution in [0.1, 0.15) is 22.9 Å². The van der Waals surface area contributed by atoms with E-state index >= 15 is 0 Å². The normalized spacial score (nSPS) is 16.9. The summed E-state index contributed by atoms with van der Waals surface area (Å²) < 4.78 is 66.1. The average Bonchev–Trinajstić information content (AvgIpc) is 3.38. The first-order valence-corrected chi connectivity index (χ1v) is 13.3. The molecule has 3 aromatic rings. The van der Waals surface area contributed by atoms with Crippen LogP contribution in [-0.2, 0) is 20.0 Å². The summed E-state index contributed by atoms with van der Waals surface area (Å²) in [5.41, 5.74) is 1.63. The number of benzene rings is 2. The van der Waals surface area contributed by atoms with E-state index < -0.39 is 31.9 Å². The van der Waals surface area contributed by atoms with Crippen LogP contribution in [0.25, 0.3) is 0 Å². The zero-order chi connectivity index (χ0) is 22.2. The number of sulfonamides is 2. The first-order chi connectivity index (χ1) is 14.6. The van der Waals surface area contributed by atoms with Gasteiger partial charge in [0, 0.05) is 17.0 Å². The number of halogens is 1. The van der Waals surface area contributed by atoms with Crippen molar-refractivity contribution in [1.29, 1.82) is 0 Å². The van der Waals surface area contributed by atoms with Crippen molar-refractivity contribution in [2.75, 3.05) is 11.0 Å². The van der Waals surface area contributed by atoms with Crippen molar-refractivity contribution in [3.63, 3.8) is 0 Å². The van der Waals surface area contributed by atoms with Gasteiger partial charge in [0.2, 0.25) is 10.0 Å². The molecule has 0 spiro atoms. The summed E-state index contributed by atoms with van der Waals surface area (Å²) in [6, 6.07) is 14.3. The second-order valence-electron chi connectivity index (χ2n) is 6.97. The van der Waals surface area contributed by atoms with Gasteiger partial charge in [0.25, 0.3) is 10.0 Å². The molecule has 0 unspecified atom stereocenters. The van der Waals surface area contributed by atoms with E-state index in [9.17, 15) is 21.2 Å². The Morgan fingerprint density at radius 3 is 2.29 bits per heavy atom. The van der Waals surface area contributed by atoms with Crippen LogP contribution in [0.4, 0.5) is 10.1 Å². The third-order valence-corrected chi connectivity index (χ3v) is 7.90. The summed E-state index contributed by atoms with van der Waals surface area (Å²) in [7, 11) is -7.41. The molecule has 2 aromatic carbocycles. The molecule has 31 heavy (non-hydrogen) atoms. The van der Waals surface area contributed by atoms with Gasteiger partial charge >= 0.3 is 0 Å². The second-order valence-corrected chi connectivity index (χ2v) is 11.5. The van der Waals surface area contributed by atoms with E-state index in [0.717, 1.165) is 27.7 Å². The fourth-order valence-electron chi connectivity index (χ4n) is 3.24. The maximum absolute atomic E-state index is 13.3. The van der Waals surface area contributed by atoms with E-state index in [-0.39, 0.29) is 4.90 Å². The van der Waals surface area contributed by atoms with Crippen LogP contribution in [0.15, 0.2) is 76.0 Å². The molecule has 0 aliphatic carbocycles. The molecule has 0 bridgehead atoms. The van der Waals surface area contributed by atoms with E-state index in [1.165, 1.54) is 23.5 Å². The third kappa shape index (κ3) is 4.63. The van der Waals surface area contributed by atoms with E-state index in [1.807, 2.05) is 17.5 Å². The smallest absolute Gasteiger partial charge is 0.279 e. The first kappa shape index (κ1) is 21.5. The van der Waals surface area contributed by atoms with E-state index in [2.05, 4.69) is 9.82 Å². The minimum atomic E-state index is -4.01. The van der Waals surface area contributed by atoms with Gasteiger partial charge in [-0.25, -0.2) is 12.8 Å². The maximum atomic E-state index is 13.3. The van der Waals surface area contributed by atoms with Crippen LogP contribution >= 0.6 is 11.3 Å². The topological polar surface area (TPSA) is 95.9 Å². The Morgan fingerprint density at radius 1 is 1.03 bits per heavy atom. The summed E-state index contributed by atoms with van der Waals surface area (Å²) in [5.74, 6) is -0.526. The lowest BCUT2D eigenvalue weighted by Gasteiger charge is -2.22. The molecule has 0 fully saturated rings. The quantitative estimate of drug-likeness (QED) is 0.582. The van der Waals surface area contributed by atoms with Gasteiger partial charge in [-0.3, -0.25) is 4.72 Å². The SMILES string of the molecule is CS(=O)(=O)Nc1ccc(C2=NN(S(=O)(=O)c3ccc(F)cc3)[C@@H](c3cccs3)C2)cc1.